The maximum Gasteiger partial charge on any atom is 0.250 e. The first kappa shape index (κ1) is 10.9. The summed E-state index contributed by atoms with van der Waals surface area (Å²) in [5, 5.41) is 3.08. The van der Waals surface area contributed by atoms with Gasteiger partial charge in [0, 0.05) is 19.1 Å². The van der Waals surface area contributed by atoms with E-state index in [1.807, 2.05) is 7.05 Å². The third-order valence-corrected chi connectivity index (χ3v) is 3.26. The van der Waals surface area contributed by atoms with Crippen molar-refractivity contribution >= 4 is 5.91 Å². The first-order chi connectivity index (χ1) is 7.25. The van der Waals surface area contributed by atoms with E-state index in [2.05, 4.69) is 10.2 Å². The Kier molecular flexibility index (Phi) is 3.59. The van der Waals surface area contributed by atoms with Crippen LogP contribution in [0.2, 0.25) is 0 Å². The quantitative estimate of drug-likeness (QED) is 0.719. The van der Waals surface area contributed by atoms with Crippen molar-refractivity contribution in [3.05, 3.63) is 0 Å². The number of carbonyl (C=O) groups is 1. The SMILES string of the molecule is CN1CCOC(C(=O)NC2CCCC2)C1. The predicted molar refractivity (Wildman–Crippen MR) is 57.6 cm³/mol. The number of likely N-dealkylation sites (N-methyl/N-ethyl adjacent to an activating group) is 1. The number of hydrogen-bond acceptors (Lipinski definition) is 3. The van der Waals surface area contributed by atoms with E-state index in [0.29, 0.717) is 12.6 Å². The van der Waals surface area contributed by atoms with Crippen molar-refractivity contribution < 1.29 is 9.53 Å². The van der Waals surface area contributed by atoms with Crippen LogP contribution in [-0.2, 0) is 9.53 Å². The number of morpholine rings is 1. The second-order valence-corrected chi connectivity index (χ2v) is 4.61. The molecule has 0 aromatic carbocycles. The largest absolute Gasteiger partial charge is 0.366 e. The molecule has 1 amide bonds. The maximum absolute atomic E-state index is 11.8. The highest BCUT2D eigenvalue weighted by Gasteiger charge is 2.27. The van der Waals surface area contributed by atoms with Gasteiger partial charge in [-0.05, 0) is 19.9 Å². The lowest BCUT2D eigenvalue weighted by molar-refractivity contribution is -0.138. The van der Waals surface area contributed by atoms with Crippen molar-refractivity contribution in [3.63, 3.8) is 0 Å². The van der Waals surface area contributed by atoms with Gasteiger partial charge in [-0.15, -0.1) is 0 Å². The summed E-state index contributed by atoms with van der Waals surface area (Å²) in [6.07, 6.45) is 4.50. The van der Waals surface area contributed by atoms with Crippen molar-refractivity contribution in [1.82, 2.24) is 10.2 Å². The monoisotopic (exact) mass is 212 g/mol. The zero-order chi connectivity index (χ0) is 10.7. The standard InChI is InChI=1S/C11H20N2O2/c1-13-6-7-15-10(8-13)11(14)12-9-4-2-3-5-9/h9-10H,2-8H2,1H3,(H,12,14). The lowest BCUT2D eigenvalue weighted by Crippen LogP contribution is -2.50. The van der Waals surface area contributed by atoms with Gasteiger partial charge in [-0.3, -0.25) is 4.79 Å². The van der Waals surface area contributed by atoms with E-state index in [9.17, 15) is 4.79 Å². The van der Waals surface area contributed by atoms with Crippen LogP contribution in [0.25, 0.3) is 0 Å². The molecular weight excluding hydrogens is 192 g/mol. The fraction of sp³-hybridized carbons (Fsp3) is 0.909. The molecular formula is C11H20N2O2. The van der Waals surface area contributed by atoms with Crippen molar-refractivity contribution in [2.24, 2.45) is 0 Å². The Morgan fingerprint density at radius 3 is 2.80 bits per heavy atom. The van der Waals surface area contributed by atoms with Gasteiger partial charge in [-0.25, -0.2) is 0 Å². The fourth-order valence-corrected chi connectivity index (χ4v) is 2.30. The van der Waals surface area contributed by atoms with Crippen molar-refractivity contribution in [1.29, 1.82) is 0 Å². The number of nitrogens with zero attached hydrogens (tertiary/aromatic N) is 1. The van der Waals surface area contributed by atoms with Crippen LogP contribution in [0.5, 0.6) is 0 Å². The molecule has 1 aliphatic heterocycles. The molecule has 0 aromatic rings. The molecule has 15 heavy (non-hydrogen) atoms. The van der Waals surface area contributed by atoms with Gasteiger partial charge in [-0.1, -0.05) is 12.8 Å². The number of nitrogens with one attached hydrogen (secondary N) is 1. The smallest absolute Gasteiger partial charge is 0.250 e. The number of carbonyl (C=O) groups excluding carboxylic acids is 1. The van der Waals surface area contributed by atoms with Crippen molar-refractivity contribution in [2.45, 2.75) is 37.8 Å². The second-order valence-electron chi connectivity index (χ2n) is 4.61. The van der Waals surface area contributed by atoms with Crippen LogP contribution in [0, 0.1) is 0 Å². The summed E-state index contributed by atoms with van der Waals surface area (Å²) in [5.74, 6) is 0.0773. The Labute approximate surface area is 91.0 Å². The van der Waals surface area contributed by atoms with E-state index in [4.69, 9.17) is 4.74 Å². The van der Waals surface area contributed by atoms with Crippen molar-refractivity contribution in [2.75, 3.05) is 26.7 Å². The summed E-state index contributed by atoms with van der Waals surface area (Å²) in [4.78, 5) is 14.0. The highest BCUT2D eigenvalue weighted by molar-refractivity contribution is 5.81. The van der Waals surface area contributed by atoms with Crippen LogP contribution in [0.1, 0.15) is 25.7 Å². The zero-order valence-electron chi connectivity index (χ0n) is 9.37. The molecule has 4 nitrogen and oxygen atoms in total. The van der Waals surface area contributed by atoms with Crippen LogP contribution in [0.4, 0.5) is 0 Å². The minimum Gasteiger partial charge on any atom is -0.366 e. The normalized spacial score (nSPS) is 29.3. The summed E-state index contributed by atoms with van der Waals surface area (Å²) in [7, 11) is 2.03. The average Bonchev–Trinajstić information content (AvgIpc) is 2.70. The molecule has 86 valence electrons. The van der Waals surface area contributed by atoms with Crippen LogP contribution in [-0.4, -0.2) is 49.7 Å². The van der Waals surface area contributed by atoms with Crippen molar-refractivity contribution in [3.8, 4) is 0 Å². The van der Waals surface area contributed by atoms with E-state index in [1.54, 1.807) is 0 Å². The third-order valence-electron chi connectivity index (χ3n) is 3.26. The Bertz CT molecular complexity index is 227. The van der Waals surface area contributed by atoms with Gasteiger partial charge >= 0.3 is 0 Å². The van der Waals surface area contributed by atoms with Crippen LogP contribution in [0.3, 0.4) is 0 Å². The number of rotatable bonds is 2. The van der Waals surface area contributed by atoms with Gasteiger partial charge in [-0.2, -0.15) is 0 Å². The first-order valence-electron chi connectivity index (χ1n) is 5.86. The third kappa shape index (κ3) is 2.92. The van der Waals surface area contributed by atoms with Crippen LogP contribution in [0.15, 0.2) is 0 Å². The van der Waals surface area contributed by atoms with Crippen LogP contribution < -0.4 is 5.32 Å². The Hall–Kier alpha value is -0.610. The second kappa shape index (κ2) is 4.94. The average molecular weight is 212 g/mol. The van der Waals surface area contributed by atoms with Gasteiger partial charge in [0.2, 0.25) is 0 Å². The predicted octanol–water partition coefficient (Wildman–Crippen LogP) is 0.376. The molecule has 0 radical (unpaired) electrons. The number of amides is 1. The topological polar surface area (TPSA) is 41.6 Å². The Morgan fingerprint density at radius 1 is 1.40 bits per heavy atom. The number of ether oxygens (including phenoxy) is 1. The molecule has 1 saturated heterocycles. The number of hydrogen-bond donors (Lipinski definition) is 1. The molecule has 1 atom stereocenters. The molecule has 0 aromatic heterocycles. The minimum absolute atomic E-state index is 0.0773. The van der Waals surface area contributed by atoms with E-state index >= 15 is 0 Å². The highest BCUT2D eigenvalue weighted by atomic mass is 16.5. The lowest BCUT2D eigenvalue weighted by Gasteiger charge is -2.29. The first-order valence-corrected chi connectivity index (χ1v) is 5.86. The van der Waals surface area contributed by atoms with E-state index in [1.165, 1.54) is 12.8 Å². The van der Waals surface area contributed by atoms with Crippen LogP contribution >= 0.6 is 0 Å². The molecule has 1 unspecified atom stereocenters. The van der Waals surface area contributed by atoms with E-state index < -0.39 is 0 Å². The summed E-state index contributed by atoms with van der Waals surface area (Å²) >= 11 is 0. The molecule has 1 heterocycles. The molecule has 2 rings (SSSR count). The molecule has 0 spiro atoms. The minimum atomic E-state index is -0.260. The van der Waals surface area contributed by atoms with Gasteiger partial charge in [0.25, 0.3) is 5.91 Å². The van der Waals surface area contributed by atoms with Gasteiger partial charge < -0.3 is 15.0 Å². The van der Waals surface area contributed by atoms with Gasteiger partial charge in [0.05, 0.1) is 6.61 Å². The molecule has 2 aliphatic rings. The molecule has 2 fully saturated rings. The fourth-order valence-electron chi connectivity index (χ4n) is 2.30. The molecule has 1 N–H and O–H groups in total. The Morgan fingerprint density at radius 2 is 2.13 bits per heavy atom. The maximum atomic E-state index is 11.8. The Balaban J connectivity index is 1.78. The molecule has 0 bridgehead atoms. The van der Waals surface area contributed by atoms with E-state index in [-0.39, 0.29) is 12.0 Å². The molecule has 1 aliphatic carbocycles. The summed E-state index contributed by atoms with van der Waals surface area (Å²) in [6, 6.07) is 0.397. The highest BCUT2D eigenvalue weighted by Crippen LogP contribution is 2.18. The van der Waals surface area contributed by atoms with E-state index in [0.717, 1.165) is 25.9 Å². The van der Waals surface area contributed by atoms with Gasteiger partial charge in [0.15, 0.2) is 0 Å². The summed E-state index contributed by atoms with van der Waals surface area (Å²) < 4.78 is 5.47. The molecule has 1 saturated carbocycles. The lowest BCUT2D eigenvalue weighted by atomic mass is 10.2. The van der Waals surface area contributed by atoms with Gasteiger partial charge in [0.1, 0.15) is 6.10 Å². The molecule has 4 heteroatoms. The summed E-state index contributed by atoms with van der Waals surface area (Å²) in [6.45, 7) is 2.31. The summed E-state index contributed by atoms with van der Waals surface area (Å²) in [5.41, 5.74) is 0. The zero-order valence-corrected chi connectivity index (χ0v) is 9.37.